The zero-order valence-corrected chi connectivity index (χ0v) is 19.7. The van der Waals surface area contributed by atoms with Gasteiger partial charge >= 0.3 is 0 Å². The van der Waals surface area contributed by atoms with Crippen molar-refractivity contribution in [2.24, 2.45) is 0 Å². The van der Waals surface area contributed by atoms with Crippen LogP contribution in [-0.2, 0) is 9.59 Å². The quantitative estimate of drug-likeness (QED) is 0.584. The SMILES string of the molecule is CCN(CCCNC(=O)[C@H]1CCCN1c1nnc(N2CCCC2=O)s1)c1cccc(C)c1. The molecule has 1 aromatic heterocycles. The summed E-state index contributed by atoms with van der Waals surface area (Å²) in [7, 11) is 0. The fraction of sp³-hybridized carbons (Fsp3) is 0.565. The van der Waals surface area contributed by atoms with Gasteiger partial charge in [-0.25, -0.2) is 0 Å². The maximum atomic E-state index is 12.9. The molecule has 1 atom stereocenters. The highest BCUT2D eigenvalue weighted by atomic mass is 32.1. The molecule has 0 saturated carbocycles. The molecule has 1 N–H and O–H groups in total. The number of carbonyl (C=O) groups is 2. The molecule has 3 heterocycles. The van der Waals surface area contributed by atoms with Crippen LogP contribution >= 0.6 is 11.3 Å². The van der Waals surface area contributed by atoms with Crippen molar-refractivity contribution in [2.45, 2.75) is 52.0 Å². The first-order valence-electron chi connectivity index (χ1n) is 11.6. The molecule has 0 spiro atoms. The molecule has 9 heteroatoms. The average Bonchev–Trinajstić information content (AvgIpc) is 3.53. The normalized spacial score (nSPS) is 18.4. The third-order valence-corrected chi connectivity index (χ3v) is 7.15. The van der Waals surface area contributed by atoms with Crippen molar-refractivity contribution in [1.82, 2.24) is 15.5 Å². The molecular weight excluding hydrogens is 424 g/mol. The number of carbonyl (C=O) groups excluding carboxylic acids is 2. The van der Waals surface area contributed by atoms with Gasteiger partial charge in [-0.3, -0.25) is 14.5 Å². The van der Waals surface area contributed by atoms with Crippen molar-refractivity contribution in [3.8, 4) is 0 Å². The molecule has 172 valence electrons. The Morgan fingerprint density at radius 2 is 2.09 bits per heavy atom. The molecule has 2 aromatic rings. The molecule has 32 heavy (non-hydrogen) atoms. The van der Waals surface area contributed by atoms with Crippen molar-refractivity contribution < 1.29 is 9.59 Å². The van der Waals surface area contributed by atoms with Crippen LogP contribution in [0.25, 0.3) is 0 Å². The van der Waals surface area contributed by atoms with Crippen LogP contribution in [-0.4, -0.2) is 60.8 Å². The lowest BCUT2D eigenvalue weighted by Gasteiger charge is -2.25. The van der Waals surface area contributed by atoms with Gasteiger partial charge in [0.15, 0.2) is 0 Å². The summed E-state index contributed by atoms with van der Waals surface area (Å²) in [5.74, 6) is 0.158. The molecule has 2 amide bonds. The number of amides is 2. The lowest BCUT2D eigenvalue weighted by molar-refractivity contribution is -0.122. The monoisotopic (exact) mass is 456 g/mol. The number of nitrogens with one attached hydrogen (secondary N) is 1. The van der Waals surface area contributed by atoms with Gasteiger partial charge in [0, 0.05) is 44.8 Å². The summed E-state index contributed by atoms with van der Waals surface area (Å²) in [4.78, 5) is 31.0. The minimum Gasteiger partial charge on any atom is -0.372 e. The van der Waals surface area contributed by atoms with Gasteiger partial charge in [-0.1, -0.05) is 23.5 Å². The van der Waals surface area contributed by atoms with Crippen molar-refractivity contribution >= 4 is 39.1 Å². The van der Waals surface area contributed by atoms with Gasteiger partial charge < -0.3 is 15.1 Å². The van der Waals surface area contributed by atoms with Crippen molar-refractivity contribution in [2.75, 3.05) is 47.4 Å². The Labute approximate surface area is 193 Å². The van der Waals surface area contributed by atoms with Crippen LogP contribution < -0.4 is 20.0 Å². The first-order chi connectivity index (χ1) is 15.6. The largest absolute Gasteiger partial charge is 0.372 e. The number of hydrogen-bond acceptors (Lipinski definition) is 7. The lowest BCUT2D eigenvalue weighted by atomic mass is 10.2. The molecule has 4 rings (SSSR count). The Hall–Kier alpha value is -2.68. The Kier molecular flexibility index (Phi) is 7.24. The fourth-order valence-corrected chi connectivity index (χ4v) is 5.41. The van der Waals surface area contributed by atoms with Gasteiger partial charge in [-0.05, 0) is 57.2 Å². The first kappa shape index (κ1) is 22.5. The molecule has 2 saturated heterocycles. The summed E-state index contributed by atoms with van der Waals surface area (Å²) >= 11 is 1.41. The number of hydrogen-bond donors (Lipinski definition) is 1. The summed E-state index contributed by atoms with van der Waals surface area (Å²) in [6.07, 6.45) is 4.09. The van der Waals surface area contributed by atoms with Gasteiger partial charge in [-0.2, -0.15) is 0 Å². The molecular formula is C23H32N6O2S. The maximum absolute atomic E-state index is 12.9. The van der Waals surface area contributed by atoms with E-state index in [1.165, 1.54) is 22.6 Å². The minimum absolute atomic E-state index is 0.0510. The second-order valence-electron chi connectivity index (χ2n) is 8.43. The number of aromatic nitrogens is 2. The third kappa shape index (κ3) is 5.03. The van der Waals surface area contributed by atoms with Gasteiger partial charge in [0.05, 0.1) is 0 Å². The summed E-state index contributed by atoms with van der Waals surface area (Å²) in [6, 6.07) is 8.31. The van der Waals surface area contributed by atoms with Crippen LogP contribution in [0.15, 0.2) is 24.3 Å². The number of anilines is 3. The lowest BCUT2D eigenvalue weighted by Crippen LogP contribution is -2.44. The maximum Gasteiger partial charge on any atom is 0.242 e. The molecule has 8 nitrogen and oxygen atoms in total. The smallest absolute Gasteiger partial charge is 0.242 e. The van der Waals surface area contributed by atoms with E-state index in [-0.39, 0.29) is 17.9 Å². The van der Waals surface area contributed by atoms with E-state index < -0.39 is 0 Å². The van der Waals surface area contributed by atoms with E-state index in [9.17, 15) is 9.59 Å². The molecule has 2 fully saturated rings. The molecule has 0 bridgehead atoms. The fourth-order valence-electron chi connectivity index (χ4n) is 4.45. The second-order valence-corrected chi connectivity index (χ2v) is 9.37. The van der Waals surface area contributed by atoms with Crippen LogP contribution in [0.2, 0.25) is 0 Å². The summed E-state index contributed by atoms with van der Waals surface area (Å²) in [5.41, 5.74) is 2.48. The molecule has 1 aromatic carbocycles. The third-order valence-electron chi connectivity index (χ3n) is 6.16. The molecule has 0 aliphatic carbocycles. The summed E-state index contributed by atoms with van der Waals surface area (Å²) < 4.78 is 0. The number of aryl methyl sites for hydroxylation is 1. The Bertz CT molecular complexity index is 948. The average molecular weight is 457 g/mol. The first-order valence-corrected chi connectivity index (χ1v) is 12.4. The Morgan fingerprint density at radius 1 is 1.25 bits per heavy atom. The van der Waals surface area contributed by atoms with Crippen LogP contribution in [0, 0.1) is 6.92 Å². The Balaban J connectivity index is 1.28. The zero-order valence-electron chi connectivity index (χ0n) is 18.9. The van der Waals surface area contributed by atoms with E-state index in [0.717, 1.165) is 50.4 Å². The van der Waals surface area contributed by atoms with Crippen LogP contribution in [0.4, 0.5) is 16.0 Å². The van der Waals surface area contributed by atoms with Gasteiger partial charge in [-0.15, -0.1) is 10.2 Å². The summed E-state index contributed by atoms with van der Waals surface area (Å²) in [5, 5.41) is 13.0. The van der Waals surface area contributed by atoms with Crippen molar-refractivity contribution in [3.05, 3.63) is 29.8 Å². The predicted molar refractivity (Wildman–Crippen MR) is 129 cm³/mol. The molecule has 0 radical (unpaired) electrons. The van der Waals surface area contributed by atoms with Crippen LogP contribution in [0.3, 0.4) is 0 Å². The zero-order chi connectivity index (χ0) is 22.5. The Morgan fingerprint density at radius 3 is 2.84 bits per heavy atom. The van der Waals surface area contributed by atoms with Crippen molar-refractivity contribution in [3.63, 3.8) is 0 Å². The van der Waals surface area contributed by atoms with E-state index in [4.69, 9.17) is 0 Å². The van der Waals surface area contributed by atoms with Crippen molar-refractivity contribution in [1.29, 1.82) is 0 Å². The van der Waals surface area contributed by atoms with Gasteiger partial charge in [0.1, 0.15) is 6.04 Å². The number of nitrogens with zero attached hydrogens (tertiary/aromatic N) is 5. The highest BCUT2D eigenvalue weighted by Gasteiger charge is 2.34. The minimum atomic E-state index is -0.218. The van der Waals surface area contributed by atoms with E-state index in [2.05, 4.69) is 58.5 Å². The second kappa shape index (κ2) is 10.3. The highest BCUT2D eigenvalue weighted by molar-refractivity contribution is 7.19. The van der Waals surface area contributed by atoms with Crippen LogP contribution in [0.5, 0.6) is 0 Å². The highest BCUT2D eigenvalue weighted by Crippen LogP contribution is 2.33. The molecule has 2 aliphatic rings. The van der Waals surface area contributed by atoms with Gasteiger partial charge in [0.2, 0.25) is 22.1 Å². The van der Waals surface area contributed by atoms with E-state index in [1.54, 1.807) is 4.90 Å². The van der Waals surface area contributed by atoms with E-state index in [1.807, 2.05) is 4.90 Å². The van der Waals surface area contributed by atoms with Gasteiger partial charge in [0.25, 0.3) is 0 Å². The van der Waals surface area contributed by atoms with Crippen LogP contribution in [0.1, 0.15) is 44.6 Å². The molecule has 2 aliphatic heterocycles. The predicted octanol–water partition coefficient (Wildman–Crippen LogP) is 2.97. The number of rotatable bonds is 9. The summed E-state index contributed by atoms with van der Waals surface area (Å²) in [6.45, 7) is 8.24. The van der Waals surface area contributed by atoms with E-state index in [0.29, 0.717) is 24.6 Å². The van der Waals surface area contributed by atoms with E-state index >= 15 is 0 Å². The topological polar surface area (TPSA) is 81.7 Å². The standard InChI is InChI=1S/C23H32N6O2S/c1-3-27(18-9-4-8-17(2)16-18)13-7-12-24-21(31)19-10-5-14-28(19)22-25-26-23(32-22)29-15-6-11-20(29)30/h4,8-9,16,19H,3,5-7,10-15H2,1-2H3,(H,24,31)/t19-/m1/s1. The molecule has 0 unspecified atom stereocenters. The number of benzene rings is 1.